The summed E-state index contributed by atoms with van der Waals surface area (Å²) in [6.07, 6.45) is -1.40. The summed E-state index contributed by atoms with van der Waals surface area (Å²) >= 11 is 0. The van der Waals surface area contributed by atoms with Crippen LogP contribution in [0.4, 0.5) is 26.3 Å². The Kier molecular flexibility index (Phi) is 5.64. The van der Waals surface area contributed by atoms with E-state index in [0.29, 0.717) is 0 Å². The Morgan fingerprint density at radius 2 is 1.00 bits per heavy atom. The van der Waals surface area contributed by atoms with Gasteiger partial charge in [0.2, 0.25) is 0 Å². The summed E-state index contributed by atoms with van der Waals surface area (Å²) in [6.45, 7) is 0. The van der Waals surface area contributed by atoms with E-state index in [-0.39, 0.29) is 0 Å². The van der Waals surface area contributed by atoms with E-state index in [2.05, 4.69) is 0 Å². The zero-order valence-corrected chi connectivity index (χ0v) is 7.30. The molecule has 0 atom stereocenters. The number of halogens is 6. The highest BCUT2D eigenvalue weighted by Crippen LogP contribution is 2.29. The fourth-order valence-corrected chi connectivity index (χ4v) is 0.991. The smallest absolute Gasteiger partial charge is 0.196 e. The highest BCUT2D eigenvalue weighted by molar-refractivity contribution is 4.98. The van der Waals surface area contributed by atoms with Gasteiger partial charge in [0.1, 0.15) is 0 Å². The lowest BCUT2D eigenvalue weighted by Crippen LogP contribution is -2.08. The molecule has 0 N–H and O–H groups in total. The van der Waals surface area contributed by atoms with Gasteiger partial charge in [-0.15, -0.1) is 0 Å². The van der Waals surface area contributed by atoms with Gasteiger partial charge in [-0.1, -0.05) is 32.1 Å². The summed E-state index contributed by atoms with van der Waals surface area (Å²) in [5, 5.41) is 0. The van der Waals surface area contributed by atoms with Crippen molar-refractivity contribution in [2.45, 2.75) is 38.3 Å². The van der Waals surface area contributed by atoms with Gasteiger partial charge in [-0.2, -0.15) is 26.3 Å². The summed E-state index contributed by atoms with van der Waals surface area (Å²) < 4.78 is 64.8. The first-order valence-corrected chi connectivity index (χ1v) is 4.13. The molecule has 0 radical (unpaired) electrons. The van der Waals surface area contributed by atoms with Crippen LogP contribution in [-0.2, 0) is 0 Å². The minimum absolute atomic E-state index is 1.50. The van der Waals surface area contributed by atoms with Crippen LogP contribution in [0, 0.1) is 0 Å². The minimum Gasteiger partial charge on any atom is -0.196 e. The lowest BCUT2D eigenvalue weighted by Gasteiger charge is -1.98. The summed E-state index contributed by atoms with van der Waals surface area (Å²) in [4.78, 5) is 0. The Balaban J connectivity index is 0.000000280. The quantitative estimate of drug-likeness (QED) is 0.524. The third-order valence-electron chi connectivity index (χ3n) is 1.66. The lowest BCUT2D eigenvalue weighted by molar-refractivity contribution is -0.113. The predicted octanol–water partition coefficient (Wildman–Crippen LogP) is 4.58. The first kappa shape index (κ1) is 13.3. The summed E-state index contributed by atoms with van der Waals surface area (Å²) in [5.41, 5.74) is 0. The third kappa shape index (κ3) is 5.88. The second-order valence-corrected chi connectivity index (χ2v) is 2.84. The fraction of sp³-hybridized carbons (Fsp3) is 0.750. The molecule has 0 amide bonds. The number of alkyl halides is 3. The first-order valence-electron chi connectivity index (χ1n) is 4.13. The zero-order valence-electron chi connectivity index (χ0n) is 7.30. The van der Waals surface area contributed by atoms with Gasteiger partial charge in [0, 0.05) is 0 Å². The molecule has 6 heteroatoms. The molecule has 0 aliphatic heterocycles. The molecule has 0 unspecified atom stereocenters. The van der Waals surface area contributed by atoms with Gasteiger partial charge in [-0.05, 0) is 0 Å². The average Bonchev–Trinajstić information content (AvgIpc) is 2.57. The molecule has 1 aliphatic rings. The van der Waals surface area contributed by atoms with Gasteiger partial charge < -0.3 is 0 Å². The molecule has 0 bridgehead atoms. The van der Waals surface area contributed by atoms with Crippen LogP contribution in [-0.4, -0.2) is 6.18 Å². The van der Waals surface area contributed by atoms with Crippen molar-refractivity contribution in [1.82, 2.24) is 0 Å². The summed E-state index contributed by atoms with van der Waals surface area (Å²) in [7, 11) is 0. The monoisotopic (exact) mass is 220 g/mol. The molecule has 0 nitrogen and oxygen atoms in total. The van der Waals surface area contributed by atoms with Gasteiger partial charge in [0.05, 0.1) is 0 Å². The molecule has 14 heavy (non-hydrogen) atoms. The highest BCUT2D eigenvalue weighted by atomic mass is 19.4. The topological polar surface area (TPSA) is 0 Å². The molecule has 1 rings (SSSR count). The van der Waals surface area contributed by atoms with Gasteiger partial charge in [-0.3, -0.25) is 0 Å². The van der Waals surface area contributed by atoms with E-state index in [4.69, 9.17) is 0 Å². The first-order chi connectivity index (χ1) is 6.35. The maximum absolute atomic E-state index is 11.0. The molecule has 1 fully saturated rings. The highest BCUT2D eigenvalue weighted by Gasteiger charge is 2.38. The molecule has 0 aromatic carbocycles. The Morgan fingerprint density at radius 3 is 1.07 bits per heavy atom. The van der Waals surface area contributed by atoms with Crippen molar-refractivity contribution in [3.05, 3.63) is 11.9 Å². The molecular formula is C8H10F6. The molecule has 0 aromatic heterocycles. The normalized spacial score (nSPS) is 15.9. The standard InChI is InChI=1S/C5H10.C3F6/c1-2-4-5-3-1;4-1(2(5)6)3(7,8)9/h1-5H2;. The van der Waals surface area contributed by atoms with E-state index in [1.165, 1.54) is 32.1 Å². The average molecular weight is 220 g/mol. The fourth-order valence-electron chi connectivity index (χ4n) is 0.991. The Hall–Kier alpha value is -0.680. The largest absolute Gasteiger partial charge is 0.448 e. The second kappa shape index (κ2) is 5.93. The second-order valence-electron chi connectivity index (χ2n) is 2.84. The number of rotatable bonds is 0. The molecule has 0 spiro atoms. The molecule has 0 heterocycles. The van der Waals surface area contributed by atoms with Crippen molar-refractivity contribution in [1.29, 1.82) is 0 Å². The number of hydrogen-bond acceptors (Lipinski definition) is 0. The van der Waals surface area contributed by atoms with Crippen LogP contribution in [0.25, 0.3) is 0 Å². The van der Waals surface area contributed by atoms with Gasteiger partial charge in [-0.25, -0.2) is 0 Å². The van der Waals surface area contributed by atoms with Gasteiger partial charge >= 0.3 is 12.3 Å². The van der Waals surface area contributed by atoms with Gasteiger partial charge in [0.25, 0.3) is 5.83 Å². The maximum Gasteiger partial charge on any atom is 0.448 e. The van der Waals surface area contributed by atoms with Crippen molar-refractivity contribution in [3.63, 3.8) is 0 Å². The van der Waals surface area contributed by atoms with Crippen molar-refractivity contribution in [2.75, 3.05) is 0 Å². The summed E-state index contributed by atoms with van der Waals surface area (Å²) in [6, 6.07) is 0. The van der Waals surface area contributed by atoms with Crippen LogP contribution >= 0.6 is 0 Å². The third-order valence-corrected chi connectivity index (χ3v) is 1.66. The van der Waals surface area contributed by atoms with Crippen LogP contribution in [0.1, 0.15) is 32.1 Å². The molecule has 0 aromatic rings. The van der Waals surface area contributed by atoms with Crippen LogP contribution in [0.2, 0.25) is 0 Å². The van der Waals surface area contributed by atoms with E-state index in [9.17, 15) is 26.3 Å². The van der Waals surface area contributed by atoms with Crippen molar-refractivity contribution < 1.29 is 26.3 Å². The molecule has 84 valence electrons. The van der Waals surface area contributed by atoms with Crippen LogP contribution in [0.5, 0.6) is 0 Å². The van der Waals surface area contributed by atoms with Gasteiger partial charge in [0.15, 0.2) is 0 Å². The Bertz CT molecular complexity index is 177. The van der Waals surface area contributed by atoms with Crippen molar-refractivity contribution >= 4 is 0 Å². The minimum atomic E-state index is -5.56. The zero-order chi connectivity index (χ0) is 11.2. The van der Waals surface area contributed by atoms with Crippen molar-refractivity contribution in [3.8, 4) is 0 Å². The molecule has 0 saturated heterocycles. The lowest BCUT2D eigenvalue weighted by atomic mass is 10.4. The predicted molar refractivity (Wildman–Crippen MR) is 39.5 cm³/mol. The Labute approximate surface area is 77.6 Å². The van der Waals surface area contributed by atoms with Crippen LogP contribution in [0.3, 0.4) is 0 Å². The number of allylic oxidation sites excluding steroid dienone is 1. The van der Waals surface area contributed by atoms with E-state index in [1.807, 2.05) is 0 Å². The van der Waals surface area contributed by atoms with Crippen LogP contribution in [0.15, 0.2) is 11.9 Å². The van der Waals surface area contributed by atoms with Crippen LogP contribution < -0.4 is 0 Å². The van der Waals surface area contributed by atoms with Crippen molar-refractivity contribution in [2.24, 2.45) is 0 Å². The molecular weight excluding hydrogens is 210 g/mol. The Morgan fingerprint density at radius 1 is 0.714 bits per heavy atom. The van der Waals surface area contributed by atoms with E-state index >= 15 is 0 Å². The maximum atomic E-state index is 11.0. The van der Waals surface area contributed by atoms with E-state index < -0.39 is 18.1 Å². The molecule has 1 saturated carbocycles. The van der Waals surface area contributed by atoms with E-state index in [0.717, 1.165) is 0 Å². The molecule has 1 aliphatic carbocycles. The SMILES string of the molecule is C1CCCC1.FC(F)=C(F)C(F)(F)F. The number of hydrogen-bond donors (Lipinski definition) is 0. The summed E-state index contributed by atoms with van der Waals surface area (Å²) in [5.74, 6) is -3.33. The van der Waals surface area contributed by atoms with E-state index in [1.54, 1.807) is 0 Å².